The summed E-state index contributed by atoms with van der Waals surface area (Å²) in [5, 5.41) is 1.15. The number of hydrogen-bond acceptors (Lipinski definition) is 1. The highest BCUT2D eigenvalue weighted by Gasteiger charge is 2.01. The van der Waals surface area contributed by atoms with Gasteiger partial charge in [-0.05, 0) is 29.1 Å². The summed E-state index contributed by atoms with van der Waals surface area (Å²) in [5.74, 6) is -0.316. The van der Waals surface area contributed by atoms with Crippen LogP contribution in [-0.4, -0.2) is 9.97 Å². The Hall–Kier alpha value is -2.16. The summed E-state index contributed by atoms with van der Waals surface area (Å²) < 4.78 is 13.0. The Balaban J connectivity index is 2.18. The average Bonchev–Trinajstić information content (AvgIpc) is 2.75. The normalized spacial score (nSPS) is 10.8. The SMILES string of the molecule is Fc1cncc(-c2ccc3cc[nH]c3c2)c1. The molecule has 0 atom stereocenters. The van der Waals surface area contributed by atoms with Crippen molar-refractivity contribution in [2.75, 3.05) is 0 Å². The van der Waals surface area contributed by atoms with E-state index in [0.29, 0.717) is 0 Å². The first-order valence-electron chi connectivity index (χ1n) is 5.01. The third kappa shape index (κ3) is 1.46. The smallest absolute Gasteiger partial charge is 0.142 e. The van der Waals surface area contributed by atoms with Gasteiger partial charge in [-0.15, -0.1) is 0 Å². The minimum absolute atomic E-state index is 0.316. The average molecular weight is 212 g/mol. The van der Waals surface area contributed by atoms with Crippen LogP contribution in [-0.2, 0) is 0 Å². The highest BCUT2D eigenvalue weighted by molar-refractivity contribution is 5.84. The number of aromatic amines is 1. The van der Waals surface area contributed by atoms with Gasteiger partial charge in [0.25, 0.3) is 0 Å². The number of nitrogens with zero attached hydrogens (tertiary/aromatic N) is 1. The highest BCUT2D eigenvalue weighted by atomic mass is 19.1. The zero-order valence-corrected chi connectivity index (χ0v) is 8.44. The first-order chi connectivity index (χ1) is 7.83. The van der Waals surface area contributed by atoms with Crippen LogP contribution >= 0.6 is 0 Å². The second kappa shape index (κ2) is 3.45. The third-order valence-electron chi connectivity index (χ3n) is 2.59. The number of fused-ring (bicyclic) bond motifs is 1. The fraction of sp³-hybridized carbons (Fsp3) is 0. The number of pyridine rings is 1. The van der Waals surface area contributed by atoms with E-state index in [0.717, 1.165) is 22.0 Å². The number of hydrogen-bond donors (Lipinski definition) is 1. The molecule has 0 radical (unpaired) electrons. The van der Waals surface area contributed by atoms with Gasteiger partial charge in [-0.25, -0.2) is 4.39 Å². The van der Waals surface area contributed by atoms with Crippen molar-refractivity contribution in [1.29, 1.82) is 0 Å². The lowest BCUT2D eigenvalue weighted by Crippen LogP contribution is -1.82. The van der Waals surface area contributed by atoms with Crippen LogP contribution in [0.3, 0.4) is 0 Å². The monoisotopic (exact) mass is 212 g/mol. The van der Waals surface area contributed by atoms with Gasteiger partial charge in [0, 0.05) is 23.5 Å². The molecule has 0 saturated carbocycles. The number of aromatic nitrogens is 2. The Bertz CT molecular complexity index is 643. The van der Waals surface area contributed by atoms with Gasteiger partial charge in [-0.3, -0.25) is 4.98 Å². The van der Waals surface area contributed by atoms with Gasteiger partial charge in [0.15, 0.2) is 0 Å². The number of benzene rings is 1. The molecule has 0 aliphatic carbocycles. The molecule has 1 N–H and O–H groups in total. The molecule has 78 valence electrons. The summed E-state index contributed by atoms with van der Waals surface area (Å²) in [6, 6.07) is 9.45. The molecule has 0 bridgehead atoms. The minimum Gasteiger partial charge on any atom is -0.361 e. The topological polar surface area (TPSA) is 28.7 Å². The molecule has 2 aromatic heterocycles. The molecule has 3 aromatic rings. The molecule has 0 unspecified atom stereocenters. The maximum absolute atomic E-state index is 13.0. The maximum atomic E-state index is 13.0. The lowest BCUT2D eigenvalue weighted by atomic mass is 10.1. The van der Waals surface area contributed by atoms with Crippen LogP contribution in [0.1, 0.15) is 0 Å². The van der Waals surface area contributed by atoms with Crippen LogP contribution in [0.2, 0.25) is 0 Å². The highest BCUT2D eigenvalue weighted by Crippen LogP contribution is 2.23. The molecule has 0 spiro atoms. The van der Waals surface area contributed by atoms with Crippen molar-refractivity contribution in [1.82, 2.24) is 9.97 Å². The number of nitrogens with one attached hydrogen (secondary N) is 1. The van der Waals surface area contributed by atoms with E-state index in [9.17, 15) is 4.39 Å². The molecule has 2 heterocycles. The second-order valence-corrected chi connectivity index (χ2v) is 3.67. The summed E-state index contributed by atoms with van der Waals surface area (Å²) in [4.78, 5) is 6.97. The number of rotatable bonds is 1. The fourth-order valence-electron chi connectivity index (χ4n) is 1.80. The van der Waals surface area contributed by atoms with Gasteiger partial charge in [-0.2, -0.15) is 0 Å². The van der Waals surface area contributed by atoms with Crippen LogP contribution in [0.4, 0.5) is 4.39 Å². The molecular weight excluding hydrogens is 203 g/mol. The van der Waals surface area contributed by atoms with Crippen molar-refractivity contribution in [3.63, 3.8) is 0 Å². The van der Waals surface area contributed by atoms with Crippen molar-refractivity contribution < 1.29 is 4.39 Å². The lowest BCUT2D eigenvalue weighted by Gasteiger charge is -2.01. The van der Waals surface area contributed by atoms with Crippen molar-refractivity contribution in [2.45, 2.75) is 0 Å². The minimum atomic E-state index is -0.316. The standard InChI is InChI=1S/C13H9FN2/c14-12-5-11(7-15-8-12)10-2-1-9-3-4-16-13(9)6-10/h1-8,16H. The van der Waals surface area contributed by atoms with Crippen LogP contribution in [0.25, 0.3) is 22.0 Å². The van der Waals surface area contributed by atoms with E-state index in [4.69, 9.17) is 0 Å². The molecule has 0 fully saturated rings. The van der Waals surface area contributed by atoms with E-state index in [1.807, 2.05) is 30.5 Å². The van der Waals surface area contributed by atoms with Crippen molar-refractivity contribution in [3.8, 4) is 11.1 Å². The van der Waals surface area contributed by atoms with Gasteiger partial charge in [0.05, 0.1) is 6.20 Å². The fourth-order valence-corrected chi connectivity index (χ4v) is 1.80. The number of halogens is 1. The first kappa shape index (κ1) is 9.09. The van der Waals surface area contributed by atoms with Crippen LogP contribution < -0.4 is 0 Å². The predicted molar refractivity (Wildman–Crippen MR) is 61.5 cm³/mol. The van der Waals surface area contributed by atoms with E-state index in [1.165, 1.54) is 12.3 Å². The van der Waals surface area contributed by atoms with E-state index < -0.39 is 0 Å². The van der Waals surface area contributed by atoms with Gasteiger partial charge < -0.3 is 4.98 Å². The van der Waals surface area contributed by atoms with Gasteiger partial charge in [0.2, 0.25) is 0 Å². The first-order valence-corrected chi connectivity index (χ1v) is 5.01. The van der Waals surface area contributed by atoms with Crippen molar-refractivity contribution >= 4 is 10.9 Å². The molecule has 0 saturated heterocycles. The molecule has 3 rings (SSSR count). The predicted octanol–water partition coefficient (Wildman–Crippen LogP) is 3.37. The summed E-state index contributed by atoms with van der Waals surface area (Å²) in [6.45, 7) is 0. The Morgan fingerprint density at radius 1 is 1.00 bits per heavy atom. The maximum Gasteiger partial charge on any atom is 0.142 e. The van der Waals surface area contributed by atoms with Gasteiger partial charge in [0.1, 0.15) is 5.82 Å². The van der Waals surface area contributed by atoms with E-state index in [1.54, 1.807) is 6.20 Å². The Morgan fingerprint density at radius 2 is 1.94 bits per heavy atom. The zero-order chi connectivity index (χ0) is 11.0. The van der Waals surface area contributed by atoms with E-state index >= 15 is 0 Å². The Morgan fingerprint density at radius 3 is 2.81 bits per heavy atom. The zero-order valence-electron chi connectivity index (χ0n) is 8.44. The molecule has 3 heteroatoms. The number of H-pyrrole nitrogens is 1. The molecule has 0 aliphatic heterocycles. The van der Waals surface area contributed by atoms with Crippen LogP contribution in [0.5, 0.6) is 0 Å². The van der Waals surface area contributed by atoms with Gasteiger partial charge >= 0.3 is 0 Å². The molecular formula is C13H9FN2. The van der Waals surface area contributed by atoms with Crippen LogP contribution in [0, 0.1) is 5.82 Å². The molecule has 1 aromatic carbocycles. The lowest BCUT2D eigenvalue weighted by molar-refractivity contribution is 0.622. The molecule has 0 aliphatic rings. The quantitative estimate of drug-likeness (QED) is 0.658. The summed E-state index contributed by atoms with van der Waals surface area (Å²) >= 11 is 0. The van der Waals surface area contributed by atoms with Gasteiger partial charge in [-0.1, -0.05) is 12.1 Å². The summed E-state index contributed by atoms with van der Waals surface area (Å²) in [6.07, 6.45) is 4.75. The molecule has 0 amide bonds. The summed E-state index contributed by atoms with van der Waals surface area (Å²) in [7, 11) is 0. The van der Waals surface area contributed by atoms with E-state index in [-0.39, 0.29) is 5.82 Å². The molecule has 2 nitrogen and oxygen atoms in total. The Labute approximate surface area is 91.8 Å². The van der Waals surface area contributed by atoms with Crippen LogP contribution in [0.15, 0.2) is 48.9 Å². The van der Waals surface area contributed by atoms with Crippen molar-refractivity contribution in [2.24, 2.45) is 0 Å². The molecule has 16 heavy (non-hydrogen) atoms. The largest absolute Gasteiger partial charge is 0.361 e. The Kier molecular flexibility index (Phi) is 1.96. The summed E-state index contributed by atoms with van der Waals surface area (Å²) in [5.41, 5.74) is 2.79. The second-order valence-electron chi connectivity index (χ2n) is 3.67. The van der Waals surface area contributed by atoms with E-state index in [2.05, 4.69) is 9.97 Å². The van der Waals surface area contributed by atoms with Crippen molar-refractivity contribution in [3.05, 3.63) is 54.7 Å². The third-order valence-corrected chi connectivity index (χ3v) is 2.59.